The van der Waals surface area contributed by atoms with E-state index >= 15 is 0 Å². The lowest BCUT2D eigenvalue weighted by atomic mass is 10.2. The Morgan fingerprint density at radius 3 is 2.30 bits per heavy atom. The normalized spacial score (nSPS) is 23.7. The summed E-state index contributed by atoms with van der Waals surface area (Å²) in [5.74, 6) is -1.30. The highest BCUT2D eigenvalue weighted by Crippen LogP contribution is 2.26. The van der Waals surface area contributed by atoms with E-state index in [2.05, 4.69) is 0 Å². The Labute approximate surface area is 118 Å². The van der Waals surface area contributed by atoms with E-state index < -0.39 is 38.8 Å². The summed E-state index contributed by atoms with van der Waals surface area (Å²) in [7, 11) is -3.39. The minimum absolute atomic E-state index is 0.0772. The highest BCUT2D eigenvalue weighted by atomic mass is 32.2. The summed E-state index contributed by atoms with van der Waals surface area (Å²) >= 11 is 0. The quantitative estimate of drug-likeness (QED) is 0.830. The van der Waals surface area contributed by atoms with E-state index in [1.807, 2.05) is 0 Å². The Balaban J connectivity index is 2.94. The third kappa shape index (κ3) is 3.84. The molecule has 1 fully saturated rings. The fraction of sp³-hybridized carbons (Fsp3) is 0.833. The van der Waals surface area contributed by atoms with Gasteiger partial charge in [0.25, 0.3) is 0 Å². The summed E-state index contributed by atoms with van der Waals surface area (Å²) in [6.07, 6.45) is -0.885. The Bertz CT molecular complexity index is 493. The number of carbonyl (C=O) groups excluding carboxylic acids is 1. The van der Waals surface area contributed by atoms with Gasteiger partial charge in [-0.3, -0.25) is 4.90 Å². The number of amides is 1. The van der Waals surface area contributed by atoms with E-state index in [0.717, 1.165) is 4.90 Å². The average molecular weight is 307 g/mol. The fourth-order valence-electron chi connectivity index (χ4n) is 2.05. The summed E-state index contributed by atoms with van der Waals surface area (Å²) in [6.45, 7) is 6.36. The van der Waals surface area contributed by atoms with Gasteiger partial charge in [-0.15, -0.1) is 0 Å². The van der Waals surface area contributed by atoms with Crippen molar-refractivity contribution in [2.75, 3.05) is 12.3 Å². The molecular formula is C12H21NO6S. The van der Waals surface area contributed by atoms with Gasteiger partial charge < -0.3 is 9.84 Å². The van der Waals surface area contributed by atoms with Crippen molar-refractivity contribution in [1.29, 1.82) is 0 Å². The number of rotatable bonds is 3. The molecule has 1 aliphatic heterocycles. The van der Waals surface area contributed by atoms with Gasteiger partial charge in [0.05, 0.1) is 5.25 Å². The van der Waals surface area contributed by atoms with Crippen LogP contribution in [0.2, 0.25) is 0 Å². The van der Waals surface area contributed by atoms with Gasteiger partial charge in [0.2, 0.25) is 0 Å². The second-order valence-electron chi connectivity index (χ2n) is 5.80. The van der Waals surface area contributed by atoms with Gasteiger partial charge in [0, 0.05) is 12.3 Å². The van der Waals surface area contributed by atoms with Crippen molar-refractivity contribution < 1.29 is 27.9 Å². The Morgan fingerprint density at radius 1 is 1.35 bits per heavy atom. The molecular weight excluding hydrogens is 286 g/mol. The zero-order valence-corrected chi connectivity index (χ0v) is 12.9. The molecule has 1 heterocycles. The van der Waals surface area contributed by atoms with Gasteiger partial charge in [-0.05, 0) is 27.2 Å². The van der Waals surface area contributed by atoms with Crippen LogP contribution in [0.1, 0.15) is 34.1 Å². The third-order valence-electron chi connectivity index (χ3n) is 3.09. The molecule has 116 valence electrons. The number of carboxylic acids is 1. The van der Waals surface area contributed by atoms with Gasteiger partial charge >= 0.3 is 12.1 Å². The van der Waals surface area contributed by atoms with Gasteiger partial charge in [-0.2, -0.15) is 0 Å². The highest BCUT2D eigenvalue weighted by molar-refractivity contribution is 7.92. The number of hydrogen-bond acceptors (Lipinski definition) is 5. The monoisotopic (exact) mass is 307 g/mol. The van der Waals surface area contributed by atoms with Crippen LogP contribution < -0.4 is 0 Å². The standard InChI is InChI=1S/C12H21NO6S/c1-5-20(17,18)8-6-9(10(14)15)13(7-8)11(16)19-12(2,3)4/h8-9H,5-7H2,1-4H3,(H,14,15)/t8-,9+/m1/s1. The highest BCUT2D eigenvalue weighted by Gasteiger charge is 2.45. The smallest absolute Gasteiger partial charge is 0.411 e. The molecule has 0 aromatic carbocycles. The SMILES string of the molecule is CCS(=O)(=O)[C@@H]1C[C@@H](C(=O)O)N(C(=O)OC(C)(C)C)C1. The van der Waals surface area contributed by atoms with Crippen molar-refractivity contribution in [2.45, 2.75) is 51.0 Å². The van der Waals surface area contributed by atoms with Crippen LogP contribution in [0, 0.1) is 0 Å². The Hall–Kier alpha value is -1.31. The third-order valence-corrected chi connectivity index (χ3v) is 5.25. The van der Waals surface area contributed by atoms with Gasteiger partial charge in [-0.1, -0.05) is 6.92 Å². The number of nitrogens with zero attached hydrogens (tertiary/aromatic N) is 1. The molecule has 0 unspecified atom stereocenters. The molecule has 0 saturated carbocycles. The first-order chi connectivity index (χ1) is 8.98. The number of carbonyl (C=O) groups is 2. The molecule has 7 nitrogen and oxygen atoms in total. The average Bonchev–Trinajstić information content (AvgIpc) is 2.72. The van der Waals surface area contributed by atoms with Crippen LogP contribution in [0.4, 0.5) is 4.79 Å². The summed E-state index contributed by atoms with van der Waals surface area (Å²) in [6, 6.07) is -1.16. The number of ether oxygens (including phenoxy) is 1. The van der Waals surface area contributed by atoms with Crippen LogP contribution in [0.3, 0.4) is 0 Å². The van der Waals surface area contributed by atoms with Crippen molar-refractivity contribution in [3.8, 4) is 0 Å². The molecule has 1 rings (SSSR count). The number of likely N-dealkylation sites (tertiary alicyclic amines) is 1. The van der Waals surface area contributed by atoms with E-state index in [4.69, 9.17) is 9.84 Å². The fourth-order valence-corrected chi connectivity index (χ4v) is 3.38. The zero-order valence-electron chi connectivity index (χ0n) is 12.1. The number of sulfone groups is 1. The molecule has 0 radical (unpaired) electrons. The molecule has 1 amide bonds. The zero-order chi connectivity index (χ0) is 15.7. The second-order valence-corrected chi connectivity index (χ2v) is 8.37. The predicted molar refractivity (Wildman–Crippen MR) is 72.2 cm³/mol. The van der Waals surface area contributed by atoms with Crippen LogP contribution in [0.25, 0.3) is 0 Å². The molecule has 0 aromatic rings. The lowest BCUT2D eigenvalue weighted by Crippen LogP contribution is -2.43. The summed E-state index contributed by atoms with van der Waals surface area (Å²) < 4.78 is 28.8. The van der Waals surface area contributed by atoms with Gasteiger partial charge in [-0.25, -0.2) is 18.0 Å². The number of carboxylic acid groups (broad SMARTS) is 1. The van der Waals surface area contributed by atoms with Gasteiger partial charge in [0.15, 0.2) is 9.84 Å². The maximum atomic E-state index is 12.0. The first kappa shape index (κ1) is 16.7. The minimum atomic E-state index is -3.39. The van der Waals surface area contributed by atoms with E-state index in [1.54, 1.807) is 20.8 Å². The topological polar surface area (TPSA) is 101 Å². The molecule has 1 aliphatic rings. The Kier molecular flexibility index (Phi) is 4.68. The molecule has 0 spiro atoms. The first-order valence-electron chi connectivity index (χ1n) is 6.42. The number of aliphatic carboxylic acids is 1. The molecule has 2 atom stereocenters. The van der Waals surface area contributed by atoms with Crippen LogP contribution in [-0.4, -0.2) is 59.7 Å². The summed E-state index contributed by atoms with van der Waals surface area (Å²) in [5, 5.41) is 8.30. The molecule has 20 heavy (non-hydrogen) atoms. The lowest BCUT2D eigenvalue weighted by molar-refractivity contribution is -0.142. The van der Waals surface area contributed by atoms with Crippen LogP contribution in [0.15, 0.2) is 0 Å². The van der Waals surface area contributed by atoms with Crippen molar-refractivity contribution in [3.63, 3.8) is 0 Å². The first-order valence-corrected chi connectivity index (χ1v) is 8.13. The van der Waals surface area contributed by atoms with Crippen molar-refractivity contribution >= 4 is 21.9 Å². The molecule has 0 aliphatic carbocycles. The second kappa shape index (κ2) is 5.59. The van der Waals surface area contributed by atoms with Crippen LogP contribution >= 0.6 is 0 Å². The van der Waals surface area contributed by atoms with E-state index in [-0.39, 0.29) is 18.7 Å². The van der Waals surface area contributed by atoms with Crippen molar-refractivity contribution in [1.82, 2.24) is 4.90 Å². The van der Waals surface area contributed by atoms with Crippen molar-refractivity contribution in [2.24, 2.45) is 0 Å². The summed E-state index contributed by atoms with van der Waals surface area (Å²) in [4.78, 5) is 24.2. The Morgan fingerprint density at radius 2 is 1.90 bits per heavy atom. The molecule has 1 N–H and O–H groups in total. The molecule has 8 heteroatoms. The van der Waals surface area contributed by atoms with Gasteiger partial charge in [0.1, 0.15) is 11.6 Å². The van der Waals surface area contributed by atoms with Crippen molar-refractivity contribution in [3.05, 3.63) is 0 Å². The van der Waals surface area contributed by atoms with Crippen LogP contribution in [-0.2, 0) is 19.4 Å². The largest absolute Gasteiger partial charge is 0.480 e. The predicted octanol–water partition coefficient (Wildman–Crippen LogP) is 0.884. The van der Waals surface area contributed by atoms with E-state index in [0.29, 0.717) is 0 Å². The number of hydrogen-bond donors (Lipinski definition) is 1. The minimum Gasteiger partial charge on any atom is -0.480 e. The lowest BCUT2D eigenvalue weighted by Gasteiger charge is -2.26. The molecule has 0 bridgehead atoms. The van der Waals surface area contributed by atoms with Crippen LogP contribution in [0.5, 0.6) is 0 Å². The van der Waals surface area contributed by atoms with E-state index in [9.17, 15) is 18.0 Å². The molecule has 0 aromatic heterocycles. The maximum absolute atomic E-state index is 12.0. The maximum Gasteiger partial charge on any atom is 0.411 e. The summed E-state index contributed by atoms with van der Waals surface area (Å²) in [5.41, 5.74) is -0.762. The van der Waals surface area contributed by atoms with E-state index in [1.165, 1.54) is 6.92 Å². The molecule has 1 saturated heterocycles.